The van der Waals surface area contributed by atoms with Crippen molar-refractivity contribution in [3.63, 3.8) is 0 Å². The largest absolute Gasteiger partial charge is 0.452 e. The molecule has 3 rings (SSSR count). The highest BCUT2D eigenvalue weighted by Crippen LogP contribution is 2.26. The Labute approximate surface area is 168 Å². The van der Waals surface area contributed by atoms with Gasteiger partial charge in [0.1, 0.15) is 4.38 Å². The molecule has 6 nitrogen and oxygen atoms in total. The van der Waals surface area contributed by atoms with Crippen molar-refractivity contribution in [2.45, 2.75) is 31.8 Å². The predicted molar refractivity (Wildman–Crippen MR) is 109 cm³/mol. The van der Waals surface area contributed by atoms with Crippen LogP contribution in [-0.4, -0.2) is 65.4 Å². The maximum atomic E-state index is 12.5. The normalized spacial score (nSPS) is 22.4. The molecule has 27 heavy (non-hydrogen) atoms. The third kappa shape index (κ3) is 5.73. The van der Waals surface area contributed by atoms with E-state index in [0.717, 1.165) is 22.2 Å². The molecule has 2 heterocycles. The zero-order valence-electron chi connectivity index (χ0n) is 15.6. The lowest BCUT2D eigenvalue weighted by atomic mass is 10.1. The average molecular weight is 409 g/mol. The van der Waals surface area contributed by atoms with E-state index in [9.17, 15) is 9.59 Å². The Bertz CT molecular complexity index is 715. The highest BCUT2D eigenvalue weighted by atomic mass is 32.2. The van der Waals surface area contributed by atoms with Gasteiger partial charge in [-0.15, -0.1) is 0 Å². The molecule has 0 N–H and O–H groups in total. The van der Waals surface area contributed by atoms with Gasteiger partial charge in [0.05, 0.1) is 24.3 Å². The summed E-state index contributed by atoms with van der Waals surface area (Å²) in [5, 5.41) is 0. The van der Waals surface area contributed by atoms with Crippen molar-refractivity contribution >= 4 is 39.8 Å². The standard InChI is InChI=1S/C19H24N2O4S2/c1-13-9-21(10-14(2)25-13)17(22)11-24-18(23)16-6-4-3-5-15(16)12-27-19-20-7-8-26-19/h3-6,13-14H,7-12H2,1-2H3/t13-,14-/m1/s1. The third-order valence-corrected chi connectivity index (χ3v) is 6.55. The Hall–Kier alpha value is -1.51. The van der Waals surface area contributed by atoms with Crippen molar-refractivity contribution in [1.82, 2.24) is 4.90 Å². The molecule has 0 bridgehead atoms. The second-order valence-electron chi connectivity index (χ2n) is 6.57. The molecule has 2 atom stereocenters. The van der Waals surface area contributed by atoms with Gasteiger partial charge in [-0.2, -0.15) is 0 Å². The minimum absolute atomic E-state index is 0.0116. The molecule has 2 aliphatic heterocycles. The van der Waals surface area contributed by atoms with Crippen molar-refractivity contribution in [3.05, 3.63) is 35.4 Å². The second-order valence-corrected chi connectivity index (χ2v) is 8.88. The zero-order chi connectivity index (χ0) is 19.2. The number of carbonyl (C=O) groups is 2. The molecule has 1 saturated heterocycles. The van der Waals surface area contributed by atoms with E-state index in [4.69, 9.17) is 9.47 Å². The number of esters is 1. The summed E-state index contributed by atoms with van der Waals surface area (Å²) < 4.78 is 12.0. The summed E-state index contributed by atoms with van der Waals surface area (Å²) in [6.07, 6.45) is -0.0231. The Balaban J connectivity index is 1.55. The van der Waals surface area contributed by atoms with Crippen LogP contribution in [0.5, 0.6) is 0 Å². The van der Waals surface area contributed by atoms with E-state index in [1.807, 2.05) is 26.0 Å². The van der Waals surface area contributed by atoms with Crippen molar-refractivity contribution < 1.29 is 19.1 Å². The third-order valence-electron chi connectivity index (χ3n) is 4.25. The maximum Gasteiger partial charge on any atom is 0.338 e. The fourth-order valence-corrected chi connectivity index (χ4v) is 5.08. The van der Waals surface area contributed by atoms with Gasteiger partial charge in [-0.3, -0.25) is 9.79 Å². The first kappa shape index (κ1) is 20.2. The molecule has 1 aromatic rings. The highest BCUT2D eigenvalue weighted by Gasteiger charge is 2.26. The van der Waals surface area contributed by atoms with Crippen LogP contribution < -0.4 is 0 Å². The van der Waals surface area contributed by atoms with Crippen LogP contribution in [0.2, 0.25) is 0 Å². The molecule has 146 valence electrons. The van der Waals surface area contributed by atoms with E-state index in [1.54, 1.807) is 40.6 Å². The van der Waals surface area contributed by atoms with Gasteiger partial charge in [0.15, 0.2) is 6.61 Å². The van der Waals surface area contributed by atoms with Gasteiger partial charge in [0, 0.05) is 24.6 Å². The fraction of sp³-hybridized carbons (Fsp3) is 0.526. The van der Waals surface area contributed by atoms with E-state index in [1.165, 1.54) is 0 Å². The predicted octanol–water partition coefficient (Wildman–Crippen LogP) is 2.82. The van der Waals surface area contributed by atoms with Gasteiger partial charge < -0.3 is 14.4 Å². The second kappa shape index (κ2) is 9.61. The number of rotatable bonds is 5. The summed E-state index contributed by atoms with van der Waals surface area (Å²) in [7, 11) is 0. The van der Waals surface area contributed by atoms with Crippen LogP contribution in [0.15, 0.2) is 29.3 Å². The average Bonchev–Trinajstić information content (AvgIpc) is 3.17. The molecule has 1 fully saturated rings. The molecule has 0 spiro atoms. The summed E-state index contributed by atoms with van der Waals surface area (Å²) in [5.41, 5.74) is 1.40. The van der Waals surface area contributed by atoms with Crippen LogP contribution in [0.1, 0.15) is 29.8 Å². The smallest absolute Gasteiger partial charge is 0.338 e. The number of benzene rings is 1. The molecule has 0 aromatic heterocycles. The van der Waals surface area contributed by atoms with Crippen molar-refractivity contribution in [2.24, 2.45) is 4.99 Å². The number of aliphatic imine (C=N–C) groups is 1. The van der Waals surface area contributed by atoms with E-state index in [0.29, 0.717) is 24.4 Å². The number of nitrogens with zero attached hydrogens (tertiary/aromatic N) is 2. The van der Waals surface area contributed by atoms with E-state index >= 15 is 0 Å². The molecule has 0 saturated carbocycles. The van der Waals surface area contributed by atoms with Crippen LogP contribution in [-0.2, 0) is 20.0 Å². The molecule has 2 aliphatic rings. The summed E-state index contributed by atoms with van der Waals surface area (Å²) in [6, 6.07) is 7.36. The first-order chi connectivity index (χ1) is 13.0. The molecule has 1 aromatic carbocycles. The molecular weight excluding hydrogens is 384 g/mol. The van der Waals surface area contributed by atoms with Crippen LogP contribution in [0.3, 0.4) is 0 Å². The van der Waals surface area contributed by atoms with Gasteiger partial charge in [-0.05, 0) is 25.5 Å². The lowest BCUT2D eigenvalue weighted by Gasteiger charge is -2.35. The number of amides is 1. The molecular formula is C19H24N2O4S2. The van der Waals surface area contributed by atoms with Gasteiger partial charge in [-0.1, -0.05) is 41.7 Å². The summed E-state index contributed by atoms with van der Waals surface area (Å²) in [6.45, 7) is 5.52. The monoisotopic (exact) mass is 408 g/mol. The molecule has 8 heteroatoms. The van der Waals surface area contributed by atoms with Crippen LogP contribution in [0, 0.1) is 0 Å². The summed E-state index contributed by atoms with van der Waals surface area (Å²) in [5.74, 6) is 1.03. The zero-order valence-corrected chi connectivity index (χ0v) is 17.2. The molecule has 0 aliphatic carbocycles. The van der Waals surface area contributed by atoms with Crippen LogP contribution in [0.25, 0.3) is 0 Å². The van der Waals surface area contributed by atoms with E-state index in [2.05, 4.69) is 4.99 Å². The molecule has 0 radical (unpaired) electrons. The Morgan fingerprint density at radius 2 is 2.04 bits per heavy atom. The Kier molecular flexibility index (Phi) is 7.20. The van der Waals surface area contributed by atoms with Crippen molar-refractivity contribution in [1.29, 1.82) is 0 Å². The summed E-state index contributed by atoms with van der Waals surface area (Å²) in [4.78, 5) is 31.0. The lowest BCUT2D eigenvalue weighted by molar-refractivity contribution is -0.146. The van der Waals surface area contributed by atoms with Crippen molar-refractivity contribution in [2.75, 3.05) is 32.0 Å². The molecule has 1 amide bonds. The van der Waals surface area contributed by atoms with Gasteiger partial charge in [-0.25, -0.2) is 4.79 Å². The highest BCUT2D eigenvalue weighted by molar-refractivity contribution is 8.38. The minimum Gasteiger partial charge on any atom is -0.452 e. The topological polar surface area (TPSA) is 68.2 Å². The number of ether oxygens (including phenoxy) is 2. The minimum atomic E-state index is -0.463. The van der Waals surface area contributed by atoms with Gasteiger partial charge in [0.2, 0.25) is 0 Å². The first-order valence-corrected chi connectivity index (χ1v) is 11.0. The Morgan fingerprint density at radius 3 is 2.74 bits per heavy atom. The lowest BCUT2D eigenvalue weighted by Crippen LogP contribution is -2.49. The Morgan fingerprint density at radius 1 is 1.30 bits per heavy atom. The van der Waals surface area contributed by atoms with Gasteiger partial charge >= 0.3 is 5.97 Å². The fourth-order valence-electron chi connectivity index (χ4n) is 3.07. The van der Waals surface area contributed by atoms with Crippen molar-refractivity contribution in [3.8, 4) is 0 Å². The number of carbonyl (C=O) groups excluding carboxylic acids is 2. The number of hydrogen-bond acceptors (Lipinski definition) is 7. The number of morpholine rings is 1. The van der Waals surface area contributed by atoms with E-state index < -0.39 is 5.97 Å². The summed E-state index contributed by atoms with van der Waals surface area (Å²) >= 11 is 3.37. The number of thioether (sulfide) groups is 2. The van der Waals surface area contributed by atoms with Gasteiger partial charge in [0.25, 0.3) is 5.91 Å². The number of hydrogen-bond donors (Lipinski definition) is 0. The first-order valence-electron chi connectivity index (χ1n) is 9.01. The van der Waals surface area contributed by atoms with E-state index in [-0.39, 0.29) is 24.7 Å². The van der Waals surface area contributed by atoms with Crippen LogP contribution >= 0.6 is 23.5 Å². The molecule has 0 unspecified atom stereocenters. The maximum absolute atomic E-state index is 12.5. The SMILES string of the molecule is C[C@@H]1CN(C(=O)COC(=O)c2ccccc2CSC2=NCCS2)C[C@@H](C)O1. The quantitative estimate of drug-likeness (QED) is 0.698. The van der Waals surface area contributed by atoms with Crippen LogP contribution in [0.4, 0.5) is 0 Å².